The molecule has 0 saturated heterocycles. The highest BCUT2D eigenvalue weighted by atomic mass is 79.9. The van der Waals surface area contributed by atoms with E-state index in [9.17, 15) is 8.42 Å². The number of halogens is 1. The van der Waals surface area contributed by atoms with Crippen molar-refractivity contribution in [3.63, 3.8) is 0 Å². The summed E-state index contributed by atoms with van der Waals surface area (Å²) < 4.78 is 24.7. The first-order valence-electron chi connectivity index (χ1n) is 4.53. The Morgan fingerprint density at radius 3 is 2.75 bits per heavy atom. The fraction of sp³-hybridized carbons (Fsp3) is 0.333. The van der Waals surface area contributed by atoms with Crippen LogP contribution in [0, 0.1) is 0 Å². The molecule has 7 heteroatoms. The van der Waals surface area contributed by atoms with Gasteiger partial charge >= 0.3 is 0 Å². The van der Waals surface area contributed by atoms with Gasteiger partial charge in [-0.1, -0.05) is 22.0 Å². The van der Waals surface area contributed by atoms with Gasteiger partial charge in [0, 0.05) is 15.9 Å². The number of nitrogens with two attached hydrogens (primary N) is 1. The Hall–Kier alpha value is -0.0800. The van der Waals surface area contributed by atoms with Gasteiger partial charge in [-0.25, -0.2) is 9.86 Å². The molecule has 1 rings (SSSR count). The minimum atomic E-state index is -3.60. The summed E-state index contributed by atoms with van der Waals surface area (Å²) in [7, 11) is -3.60. The minimum Gasteiger partial charge on any atom is -0.216 e. The molecule has 4 nitrogen and oxygen atoms in total. The van der Waals surface area contributed by atoms with Crippen LogP contribution in [-0.2, 0) is 16.6 Å². The van der Waals surface area contributed by atoms with E-state index in [1.165, 1.54) is 0 Å². The summed E-state index contributed by atoms with van der Waals surface area (Å²) >= 11 is 5.08. The first-order chi connectivity index (χ1) is 7.44. The molecule has 0 aliphatic carbocycles. The third kappa shape index (κ3) is 4.42. The summed E-state index contributed by atoms with van der Waals surface area (Å²) in [5, 5.41) is 4.85. The molecule has 0 aliphatic rings. The Morgan fingerprint density at radius 2 is 2.19 bits per heavy atom. The van der Waals surface area contributed by atoms with Gasteiger partial charge < -0.3 is 0 Å². The van der Waals surface area contributed by atoms with Gasteiger partial charge in [-0.15, -0.1) is 11.8 Å². The fourth-order valence-electron chi connectivity index (χ4n) is 1.29. The largest absolute Gasteiger partial charge is 0.274 e. The number of thioether (sulfide) groups is 1. The fourth-order valence-corrected chi connectivity index (χ4v) is 3.05. The van der Waals surface area contributed by atoms with E-state index in [-0.39, 0.29) is 0 Å². The van der Waals surface area contributed by atoms with Gasteiger partial charge in [-0.3, -0.25) is 0 Å². The van der Waals surface area contributed by atoms with Crippen molar-refractivity contribution >= 4 is 37.9 Å². The van der Waals surface area contributed by atoms with Crippen molar-refractivity contribution in [1.82, 2.24) is 4.72 Å². The molecule has 90 valence electrons. The number of hydrogen-bond acceptors (Lipinski definition) is 3. The lowest BCUT2D eigenvalue weighted by molar-refractivity contribution is 0.583. The third-order valence-electron chi connectivity index (χ3n) is 1.97. The van der Waals surface area contributed by atoms with Crippen LogP contribution in [0.1, 0.15) is 5.56 Å². The van der Waals surface area contributed by atoms with Crippen LogP contribution in [0.25, 0.3) is 0 Å². The van der Waals surface area contributed by atoms with Crippen LogP contribution in [0.4, 0.5) is 0 Å². The van der Waals surface area contributed by atoms with Crippen LogP contribution in [0.15, 0.2) is 27.6 Å². The van der Waals surface area contributed by atoms with E-state index in [4.69, 9.17) is 5.14 Å². The molecule has 0 amide bonds. The van der Waals surface area contributed by atoms with Gasteiger partial charge in [0.15, 0.2) is 0 Å². The Morgan fingerprint density at radius 1 is 1.50 bits per heavy atom. The summed E-state index contributed by atoms with van der Waals surface area (Å²) in [5.74, 6) is 0. The predicted octanol–water partition coefficient (Wildman–Crippen LogP) is 1.51. The monoisotopic (exact) mass is 324 g/mol. The molecule has 0 fully saturated rings. The highest BCUT2D eigenvalue weighted by molar-refractivity contribution is 9.10. The minimum absolute atomic E-state index is 0.301. The van der Waals surface area contributed by atoms with E-state index in [2.05, 4.69) is 20.7 Å². The van der Waals surface area contributed by atoms with Crippen LogP contribution in [0.3, 0.4) is 0 Å². The molecule has 0 radical (unpaired) electrons. The number of rotatable bonds is 5. The molecule has 1 aromatic carbocycles. The van der Waals surface area contributed by atoms with E-state index in [0.717, 1.165) is 14.9 Å². The first-order valence-corrected chi connectivity index (χ1v) is 8.09. The zero-order valence-electron chi connectivity index (χ0n) is 8.73. The maximum Gasteiger partial charge on any atom is 0.274 e. The van der Waals surface area contributed by atoms with Crippen LogP contribution in [-0.4, -0.2) is 21.2 Å². The molecule has 0 aromatic heterocycles. The normalized spacial score (nSPS) is 11.7. The molecule has 0 heterocycles. The zero-order chi connectivity index (χ0) is 12.2. The lowest BCUT2D eigenvalue weighted by Gasteiger charge is -2.09. The first kappa shape index (κ1) is 14.0. The molecule has 1 aromatic rings. The average Bonchev–Trinajstić information content (AvgIpc) is 2.18. The van der Waals surface area contributed by atoms with Crippen molar-refractivity contribution in [3.8, 4) is 0 Å². The Balaban J connectivity index is 2.73. The lowest BCUT2D eigenvalue weighted by atomic mass is 10.1. The maximum absolute atomic E-state index is 10.7. The topological polar surface area (TPSA) is 72.2 Å². The highest BCUT2D eigenvalue weighted by Gasteiger charge is 2.07. The molecule has 0 unspecified atom stereocenters. The molecule has 0 bridgehead atoms. The third-order valence-corrected chi connectivity index (χ3v) is 4.15. The summed E-state index contributed by atoms with van der Waals surface area (Å²) in [4.78, 5) is 1.13. The molecule has 0 atom stereocenters. The molecule has 16 heavy (non-hydrogen) atoms. The summed E-state index contributed by atoms with van der Waals surface area (Å²) in [6.45, 7) is 0.301. The SMILES string of the molecule is CSc1cccc(Br)c1CCNS(N)(=O)=O. The quantitative estimate of drug-likeness (QED) is 0.806. The van der Waals surface area contributed by atoms with Crippen LogP contribution in [0.2, 0.25) is 0 Å². The second kappa shape index (κ2) is 6.02. The number of benzene rings is 1. The molecule has 0 spiro atoms. The summed E-state index contributed by atoms with van der Waals surface area (Å²) in [6, 6.07) is 5.89. The second-order valence-electron chi connectivity index (χ2n) is 3.11. The standard InChI is InChI=1S/C9H13BrN2O2S2/c1-15-9-4-2-3-8(10)7(9)5-6-12-16(11,13)14/h2-4,12H,5-6H2,1H3,(H2,11,13,14). The van der Waals surface area contributed by atoms with Crippen molar-refractivity contribution in [1.29, 1.82) is 0 Å². The van der Waals surface area contributed by atoms with E-state index < -0.39 is 10.2 Å². The van der Waals surface area contributed by atoms with E-state index in [0.29, 0.717) is 13.0 Å². The van der Waals surface area contributed by atoms with Crippen molar-refractivity contribution in [2.24, 2.45) is 5.14 Å². The van der Waals surface area contributed by atoms with Crippen LogP contribution in [0.5, 0.6) is 0 Å². The van der Waals surface area contributed by atoms with Crippen molar-refractivity contribution in [2.45, 2.75) is 11.3 Å². The van der Waals surface area contributed by atoms with Gasteiger partial charge in [0.2, 0.25) is 0 Å². The maximum atomic E-state index is 10.7. The lowest BCUT2D eigenvalue weighted by Crippen LogP contribution is -2.32. The second-order valence-corrected chi connectivity index (χ2v) is 6.19. The number of hydrogen-bond donors (Lipinski definition) is 2. The molecular weight excluding hydrogens is 312 g/mol. The van der Waals surface area contributed by atoms with Crippen molar-refractivity contribution in [3.05, 3.63) is 28.2 Å². The van der Waals surface area contributed by atoms with Gasteiger partial charge in [0.25, 0.3) is 10.2 Å². The average molecular weight is 325 g/mol. The molecular formula is C9H13BrN2O2S2. The smallest absolute Gasteiger partial charge is 0.216 e. The van der Waals surface area contributed by atoms with E-state index in [1.807, 2.05) is 24.5 Å². The Labute approximate surface area is 108 Å². The summed E-state index contributed by atoms with van der Waals surface area (Å²) in [5.41, 5.74) is 1.09. The zero-order valence-corrected chi connectivity index (χ0v) is 12.0. The molecule has 3 N–H and O–H groups in total. The van der Waals surface area contributed by atoms with Crippen molar-refractivity contribution in [2.75, 3.05) is 12.8 Å². The van der Waals surface area contributed by atoms with Gasteiger partial charge in [-0.05, 0) is 30.4 Å². The number of nitrogens with one attached hydrogen (secondary N) is 1. The van der Waals surface area contributed by atoms with Crippen molar-refractivity contribution < 1.29 is 8.42 Å². The van der Waals surface area contributed by atoms with Crippen LogP contribution >= 0.6 is 27.7 Å². The van der Waals surface area contributed by atoms with E-state index in [1.54, 1.807) is 11.8 Å². The highest BCUT2D eigenvalue weighted by Crippen LogP contribution is 2.27. The molecule has 0 saturated carbocycles. The van der Waals surface area contributed by atoms with E-state index >= 15 is 0 Å². The Kier molecular flexibility index (Phi) is 5.26. The Bertz CT molecular complexity index is 463. The predicted molar refractivity (Wildman–Crippen MR) is 70.7 cm³/mol. The van der Waals surface area contributed by atoms with Gasteiger partial charge in [0.05, 0.1) is 0 Å². The van der Waals surface area contributed by atoms with Gasteiger partial charge in [0.1, 0.15) is 0 Å². The van der Waals surface area contributed by atoms with Gasteiger partial charge in [-0.2, -0.15) is 8.42 Å². The summed E-state index contributed by atoms with van der Waals surface area (Å²) in [6.07, 6.45) is 2.59. The molecule has 0 aliphatic heterocycles. The van der Waals surface area contributed by atoms with Crippen LogP contribution < -0.4 is 9.86 Å².